The first-order valence-electron chi connectivity index (χ1n) is 8.07. The van der Waals surface area contributed by atoms with Crippen LogP contribution < -0.4 is 10.2 Å². The van der Waals surface area contributed by atoms with Gasteiger partial charge in [0.15, 0.2) is 0 Å². The number of aryl methyl sites for hydroxylation is 1. The van der Waals surface area contributed by atoms with Crippen LogP contribution in [0.3, 0.4) is 0 Å². The summed E-state index contributed by atoms with van der Waals surface area (Å²) in [6.07, 6.45) is 2.01. The predicted molar refractivity (Wildman–Crippen MR) is 96.6 cm³/mol. The molecule has 0 unspecified atom stereocenters. The number of amides is 2. The molecule has 0 bridgehead atoms. The number of carboxylic acids is 1. The Morgan fingerprint density at radius 1 is 1.20 bits per heavy atom. The maximum atomic E-state index is 12.3. The molecular weight excluding hydrogens is 340 g/mol. The summed E-state index contributed by atoms with van der Waals surface area (Å²) in [5.41, 5.74) is 2.57. The van der Waals surface area contributed by atoms with Crippen LogP contribution in [0.1, 0.15) is 44.7 Å². The van der Waals surface area contributed by atoms with Crippen LogP contribution >= 0.6 is 11.3 Å². The Morgan fingerprint density at radius 2 is 1.96 bits per heavy atom. The van der Waals surface area contributed by atoms with E-state index in [0.717, 1.165) is 29.0 Å². The first-order chi connectivity index (χ1) is 12.0. The molecule has 0 spiro atoms. The number of benzene rings is 1. The molecule has 2 amide bonds. The molecule has 3 rings (SSSR count). The van der Waals surface area contributed by atoms with Crippen LogP contribution in [0.5, 0.6) is 0 Å². The van der Waals surface area contributed by atoms with Gasteiger partial charge in [-0.1, -0.05) is 6.92 Å². The van der Waals surface area contributed by atoms with Crippen LogP contribution in [0.15, 0.2) is 30.3 Å². The van der Waals surface area contributed by atoms with Gasteiger partial charge in [-0.3, -0.25) is 9.59 Å². The highest BCUT2D eigenvalue weighted by molar-refractivity contribution is 7.15. The number of carbonyl (C=O) groups excluding carboxylic acids is 2. The highest BCUT2D eigenvalue weighted by atomic mass is 32.1. The average Bonchev–Trinajstić information content (AvgIpc) is 3.08. The maximum Gasteiger partial charge on any atom is 0.345 e. The standard InChI is InChI=1S/C18H18N2O4S/c1-2-9-20-13-5-4-12(10-11(13)3-8-16(20)21)19-17(22)14-6-7-15(25-14)18(23)24/h4-7,10H,2-3,8-9H2,1H3,(H,19,22)(H,23,24). The van der Waals surface area contributed by atoms with Gasteiger partial charge in [-0.25, -0.2) is 4.79 Å². The molecule has 0 saturated carbocycles. The number of fused-ring (bicyclic) bond motifs is 1. The number of aromatic carboxylic acids is 1. The number of nitrogens with zero attached hydrogens (tertiary/aromatic N) is 1. The normalized spacial score (nSPS) is 13.5. The van der Waals surface area contributed by atoms with Crippen molar-refractivity contribution in [2.75, 3.05) is 16.8 Å². The van der Waals surface area contributed by atoms with Crippen LogP contribution in [0, 0.1) is 0 Å². The lowest BCUT2D eigenvalue weighted by Gasteiger charge is -2.29. The van der Waals surface area contributed by atoms with Crippen molar-refractivity contribution in [3.05, 3.63) is 45.6 Å². The zero-order chi connectivity index (χ0) is 18.0. The minimum absolute atomic E-state index is 0.129. The average molecular weight is 358 g/mol. The molecule has 7 heteroatoms. The van der Waals surface area contributed by atoms with Crippen molar-refractivity contribution in [3.8, 4) is 0 Å². The number of carbonyl (C=O) groups is 3. The van der Waals surface area contributed by atoms with Gasteiger partial charge in [-0.15, -0.1) is 11.3 Å². The Balaban J connectivity index is 1.79. The smallest absolute Gasteiger partial charge is 0.345 e. The second kappa shape index (κ2) is 7.06. The van der Waals surface area contributed by atoms with Gasteiger partial charge in [0.1, 0.15) is 4.88 Å². The number of anilines is 2. The summed E-state index contributed by atoms with van der Waals surface area (Å²) in [5.74, 6) is -1.25. The van der Waals surface area contributed by atoms with Crippen LogP contribution in [0.4, 0.5) is 11.4 Å². The van der Waals surface area contributed by atoms with E-state index in [1.807, 2.05) is 19.1 Å². The largest absolute Gasteiger partial charge is 0.477 e. The molecule has 2 N–H and O–H groups in total. The topological polar surface area (TPSA) is 86.7 Å². The molecule has 0 radical (unpaired) electrons. The Morgan fingerprint density at radius 3 is 2.64 bits per heavy atom. The molecule has 0 saturated heterocycles. The van der Waals surface area contributed by atoms with E-state index in [4.69, 9.17) is 5.11 Å². The monoisotopic (exact) mass is 358 g/mol. The first kappa shape index (κ1) is 17.2. The molecule has 1 aliphatic heterocycles. The van der Waals surface area contributed by atoms with Crippen molar-refractivity contribution in [2.24, 2.45) is 0 Å². The third kappa shape index (κ3) is 3.56. The van der Waals surface area contributed by atoms with E-state index >= 15 is 0 Å². The second-order valence-corrected chi connectivity index (χ2v) is 6.90. The number of rotatable bonds is 5. The molecule has 1 aliphatic rings. The minimum Gasteiger partial charge on any atom is -0.477 e. The molecule has 6 nitrogen and oxygen atoms in total. The molecule has 1 aromatic carbocycles. The summed E-state index contributed by atoms with van der Waals surface area (Å²) in [7, 11) is 0. The second-order valence-electron chi connectivity index (χ2n) is 5.81. The minimum atomic E-state index is -1.04. The van der Waals surface area contributed by atoms with Crippen molar-refractivity contribution in [1.82, 2.24) is 0 Å². The zero-order valence-electron chi connectivity index (χ0n) is 13.7. The molecule has 2 aromatic rings. The van der Waals surface area contributed by atoms with Gasteiger partial charge in [0.25, 0.3) is 5.91 Å². The molecule has 0 aliphatic carbocycles. The van der Waals surface area contributed by atoms with Crippen molar-refractivity contribution in [3.63, 3.8) is 0 Å². The summed E-state index contributed by atoms with van der Waals surface area (Å²) >= 11 is 0.940. The van der Waals surface area contributed by atoms with E-state index in [0.29, 0.717) is 30.0 Å². The van der Waals surface area contributed by atoms with E-state index in [1.54, 1.807) is 11.0 Å². The number of hydrogen-bond acceptors (Lipinski definition) is 4. The number of thiophene rings is 1. The molecular formula is C18H18N2O4S. The molecule has 25 heavy (non-hydrogen) atoms. The lowest BCUT2D eigenvalue weighted by Crippen LogP contribution is -2.35. The highest BCUT2D eigenvalue weighted by Gasteiger charge is 2.23. The zero-order valence-corrected chi connectivity index (χ0v) is 14.6. The van der Waals surface area contributed by atoms with Crippen molar-refractivity contribution < 1.29 is 19.5 Å². The van der Waals surface area contributed by atoms with Crippen LogP contribution in [-0.2, 0) is 11.2 Å². The quantitative estimate of drug-likeness (QED) is 0.858. The van der Waals surface area contributed by atoms with E-state index in [-0.39, 0.29) is 16.7 Å². The number of carboxylic acid groups (broad SMARTS) is 1. The van der Waals surface area contributed by atoms with Crippen LogP contribution in [0.2, 0.25) is 0 Å². The van der Waals surface area contributed by atoms with Gasteiger partial charge in [-0.2, -0.15) is 0 Å². The Labute approximate surface area is 149 Å². The number of hydrogen-bond donors (Lipinski definition) is 2. The third-order valence-corrected chi connectivity index (χ3v) is 5.10. The summed E-state index contributed by atoms with van der Waals surface area (Å²) in [4.78, 5) is 37.5. The van der Waals surface area contributed by atoms with Crippen molar-refractivity contribution >= 4 is 40.5 Å². The van der Waals surface area contributed by atoms with Gasteiger partial charge < -0.3 is 15.3 Å². The van der Waals surface area contributed by atoms with Crippen LogP contribution in [0.25, 0.3) is 0 Å². The van der Waals surface area contributed by atoms with E-state index in [2.05, 4.69) is 5.32 Å². The van der Waals surface area contributed by atoms with E-state index < -0.39 is 5.97 Å². The summed E-state index contributed by atoms with van der Waals surface area (Å²) < 4.78 is 0. The summed E-state index contributed by atoms with van der Waals surface area (Å²) in [6, 6.07) is 8.43. The van der Waals surface area contributed by atoms with Crippen molar-refractivity contribution in [1.29, 1.82) is 0 Å². The molecule has 2 heterocycles. The molecule has 0 atom stereocenters. The third-order valence-electron chi connectivity index (χ3n) is 4.03. The Kier molecular flexibility index (Phi) is 4.85. The predicted octanol–water partition coefficient (Wildman–Crippen LogP) is 3.39. The fourth-order valence-corrected chi connectivity index (χ4v) is 3.61. The molecule has 1 aromatic heterocycles. The Bertz CT molecular complexity index is 843. The summed E-state index contributed by atoms with van der Waals surface area (Å²) in [6.45, 7) is 2.72. The van der Waals surface area contributed by atoms with Gasteiger partial charge >= 0.3 is 5.97 Å². The number of nitrogens with one attached hydrogen (secondary N) is 1. The lowest BCUT2D eigenvalue weighted by molar-refractivity contribution is -0.118. The fraction of sp³-hybridized carbons (Fsp3) is 0.278. The Hall–Kier alpha value is -2.67. The fourth-order valence-electron chi connectivity index (χ4n) is 2.87. The molecule has 130 valence electrons. The van der Waals surface area contributed by atoms with Crippen molar-refractivity contribution in [2.45, 2.75) is 26.2 Å². The van der Waals surface area contributed by atoms with Gasteiger partial charge in [-0.05, 0) is 48.7 Å². The van der Waals surface area contributed by atoms with Gasteiger partial charge in [0.2, 0.25) is 5.91 Å². The lowest BCUT2D eigenvalue weighted by atomic mass is 10.00. The summed E-state index contributed by atoms with van der Waals surface area (Å²) in [5, 5.41) is 11.7. The van der Waals surface area contributed by atoms with Gasteiger partial charge in [0, 0.05) is 24.3 Å². The van der Waals surface area contributed by atoms with Gasteiger partial charge in [0.05, 0.1) is 4.88 Å². The maximum absolute atomic E-state index is 12.3. The van der Waals surface area contributed by atoms with Crippen LogP contribution in [-0.4, -0.2) is 29.4 Å². The highest BCUT2D eigenvalue weighted by Crippen LogP contribution is 2.30. The SMILES string of the molecule is CCCN1C(=O)CCc2cc(NC(=O)c3ccc(C(=O)O)s3)ccc21. The van der Waals surface area contributed by atoms with E-state index in [1.165, 1.54) is 12.1 Å². The first-order valence-corrected chi connectivity index (χ1v) is 8.89. The molecule has 0 fully saturated rings. The van der Waals surface area contributed by atoms with E-state index in [9.17, 15) is 14.4 Å².